The van der Waals surface area contributed by atoms with Gasteiger partial charge in [0.25, 0.3) is 0 Å². The van der Waals surface area contributed by atoms with E-state index in [-0.39, 0.29) is 23.7 Å². The second kappa shape index (κ2) is 6.36. The molecule has 128 valence electrons. The van der Waals surface area contributed by atoms with Gasteiger partial charge in [0.1, 0.15) is 11.5 Å². The summed E-state index contributed by atoms with van der Waals surface area (Å²) in [5.41, 5.74) is 0.637. The molecule has 2 aliphatic rings. The van der Waals surface area contributed by atoms with Crippen LogP contribution in [-0.4, -0.2) is 11.8 Å². The smallest absolute Gasteiger partial charge is 0.237 e. The van der Waals surface area contributed by atoms with Gasteiger partial charge in [0, 0.05) is 0 Å². The van der Waals surface area contributed by atoms with Crippen molar-refractivity contribution in [2.75, 3.05) is 4.90 Å². The van der Waals surface area contributed by atoms with Gasteiger partial charge >= 0.3 is 0 Å². The van der Waals surface area contributed by atoms with Gasteiger partial charge in [0.05, 0.1) is 17.5 Å². The van der Waals surface area contributed by atoms with Crippen molar-refractivity contribution >= 4 is 17.5 Å². The van der Waals surface area contributed by atoms with E-state index in [4.69, 9.17) is 4.74 Å². The van der Waals surface area contributed by atoms with Gasteiger partial charge in [-0.1, -0.05) is 25.1 Å². The van der Waals surface area contributed by atoms with E-state index < -0.39 is 0 Å². The molecule has 3 atom stereocenters. The molecule has 0 radical (unpaired) electrons. The van der Waals surface area contributed by atoms with Gasteiger partial charge in [-0.05, 0) is 61.6 Å². The van der Waals surface area contributed by atoms with Crippen LogP contribution in [0.1, 0.15) is 26.2 Å². The first-order chi connectivity index (χ1) is 12.1. The molecule has 3 unspecified atom stereocenters. The molecule has 2 aromatic carbocycles. The molecule has 0 spiro atoms. The normalized spacial score (nSPS) is 25.8. The van der Waals surface area contributed by atoms with Crippen LogP contribution in [0.2, 0.25) is 0 Å². The van der Waals surface area contributed by atoms with Crippen molar-refractivity contribution in [1.82, 2.24) is 0 Å². The molecule has 0 bridgehead atoms. The monoisotopic (exact) mass is 335 g/mol. The molecule has 1 saturated carbocycles. The number of carbonyl (C=O) groups excluding carboxylic acids is 2. The number of imide groups is 1. The van der Waals surface area contributed by atoms with E-state index in [1.54, 1.807) is 24.3 Å². The molecule has 2 aromatic rings. The summed E-state index contributed by atoms with van der Waals surface area (Å²) >= 11 is 0. The summed E-state index contributed by atoms with van der Waals surface area (Å²) < 4.78 is 5.77. The number of anilines is 1. The number of para-hydroxylation sites is 1. The average Bonchev–Trinajstić information content (AvgIpc) is 2.87. The van der Waals surface area contributed by atoms with E-state index in [9.17, 15) is 9.59 Å². The number of amides is 2. The van der Waals surface area contributed by atoms with Crippen molar-refractivity contribution in [2.24, 2.45) is 17.8 Å². The Morgan fingerprint density at radius 3 is 2.20 bits per heavy atom. The summed E-state index contributed by atoms with van der Waals surface area (Å²) in [5.74, 6) is 1.58. The predicted octanol–water partition coefficient (Wildman–Crippen LogP) is 4.40. The largest absolute Gasteiger partial charge is 0.457 e. The average molecular weight is 335 g/mol. The van der Waals surface area contributed by atoms with E-state index in [0.717, 1.165) is 25.0 Å². The van der Waals surface area contributed by atoms with Crippen molar-refractivity contribution in [3.8, 4) is 11.5 Å². The minimum Gasteiger partial charge on any atom is -0.457 e. The van der Waals surface area contributed by atoms with Crippen molar-refractivity contribution in [3.63, 3.8) is 0 Å². The lowest BCUT2D eigenvalue weighted by Crippen LogP contribution is -2.30. The predicted molar refractivity (Wildman–Crippen MR) is 95.4 cm³/mol. The first kappa shape index (κ1) is 15.9. The van der Waals surface area contributed by atoms with Gasteiger partial charge in [-0.3, -0.25) is 14.5 Å². The Bertz CT molecular complexity index is 785. The van der Waals surface area contributed by atoms with Gasteiger partial charge in [-0.2, -0.15) is 0 Å². The molecule has 2 fully saturated rings. The molecule has 1 saturated heterocycles. The van der Waals surface area contributed by atoms with Crippen LogP contribution in [-0.2, 0) is 9.59 Å². The van der Waals surface area contributed by atoms with Crippen LogP contribution < -0.4 is 9.64 Å². The fraction of sp³-hybridized carbons (Fsp3) is 0.333. The zero-order chi connectivity index (χ0) is 17.4. The third kappa shape index (κ3) is 2.93. The van der Waals surface area contributed by atoms with Crippen molar-refractivity contribution in [1.29, 1.82) is 0 Å². The highest BCUT2D eigenvalue weighted by molar-refractivity contribution is 6.22. The lowest BCUT2D eigenvalue weighted by molar-refractivity contribution is -0.122. The molecule has 0 aromatic heterocycles. The molecule has 1 heterocycles. The van der Waals surface area contributed by atoms with Crippen LogP contribution in [0.5, 0.6) is 11.5 Å². The van der Waals surface area contributed by atoms with Crippen molar-refractivity contribution in [2.45, 2.75) is 26.2 Å². The van der Waals surface area contributed by atoms with Crippen molar-refractivity contribution in [3.05, 3.63) is 54.6 Å². The second-order valence-corrected chi connectivity index (χ2v) is 7.05. The third-order valence-corrected chi connectivity index (χ3v) is 5.26. The summed E-state index contributed by atoms with van der Waals surface area (Å²) in [6.07, 6.45) is 2.67. The molecule has 4 rings (SSSR count). The van der Waals surface area contributed by atoms with Crippen LogP contribution in [0.15, 0.2) is 54.6 Å². The second-order valence-electron chi connectivity index (χ2n) is 7.05. The Morgan fingerprint density at radius 2 is 1.48 bits per heavy atom. The number of carbonyl (C=O) groups is 2. The van der Waals surface area contributed by atoms with E-state index in [0.29, 0.717) is 17.4 Å². The summed E-state index contributed by atoms with van der Waals surface area (Å²) in [5, 5.41) is 0. The Hall–Kier alpha value is -2.62. The molecule has 2 amide bonds. The number of fused-ring (bicyclic) bond motifs is 1. The van der Waals surface area contributed by atoms with Crippen LogP contribution in [0.4, 0.5) is 5.69 Å². The number of nitrogens with zero attached hydrogens (tertiary/aromatic N) is 1. The zero-order valence-corrected chi connectivity index (χ0v) is 14.2. The van der Waals surface area contributed by atoms with Gasteiger partial charge in [-0.25, -0.2) is 0 Å². The number of benzene rings is 2. The van der Waals surface area contributed by atoms with E-state index in [2.05, 4.69) is 6.92 Å². The minimum absolute atomic E-state index is 0.0429. The van der Waals surface area contributed by atoms with Crippen LogP contribution in [0.3, 0.4) is 0 Å². The lowest BCUT2D eigenvalue weighted by Gasteiger charge is -2.25. The molecule has 4 heteroatoms. The summed E-state index contributed by atoms with van der Waals surface area (Å²) in [7, 11) is 0. The maximum atomic E-state index is 12.7. The van der Waals surface area contributed by atoms with Gasteiger partial charge in [0.15, 0.2) is 0 Å². The van der Waals surface area contributed by atoms with Gasteiger partial charge in [-0.15, -0.1) is 0 Å². The number of hydrogen-bond donors (Lipinski definition) is 0. The van der Waals surface area contributed by atoms with E-state index in [1.807, 2.05) is 30.3 Å². The quantitative estimate of drug-likeness (QED) is 0.781. The summed E-state index contributed by atoms with van der Waals surface area (Å²) in [4.78, 5) is 26.8. The fourth-order valence-corrected chi connectivity index (χ4v) is 3.93. The third-order valence-electron chi connectivity index (χ3n) is 5.26. The Balaban J connectivity index is 1.54. The maximum Gasteiger partial charge on any atom is 0.237 e. The summed E-state index contributed by atoms with van der Waals surface area (Å²) in [6, 6.07) is 16.7. The molecule has 4 nitrogen and oxygen atoms in total. The topological polar surface area (TPSA) is 46.6 Å². The fourth-order valence-electron chi connectivity index (χ4n) is 3.93. The molecular formula is C21H21NO3. The Kier molecular flexibility index (Phi) is 4.04. The SMILES string of the molecule is CC1CCC2C(=O)N(c3ccc(Oc4ccccc4)cc3)C(=O)C2C1. The zero-order valence-electron chi connectivity index (χ0n) is 14.2. The van der Waals surface area contributed by atoms with Gasteiger partial charge < -0.3 is 4.74 Å². The van der Waals surface area contributed by atoms with Crippen LogP contribution in [0.25, 0.3) is 0 Å². The van der Waals surface area contributed by atoms with Crippen LogP contribution in [0, 0.1) is 17.8 Å². The van der Waals surface area contributed by atoms with E-state index in [1.165, 1.54) is 4.90 Å². The Labute approximate surface area is 147 Å². The van der Waals surface area contributed by atoms with E-state index >= 15 is 0 Å². The highest BCUT2D eigenvalue weighted by Crippen LogP contribution is 2.42. The molecule has 0 N–H and O–H groups in total. The van der Waals surface area contributed by atoms with Crippen LogP contribution >= 0.6 is 0 Å². The number of rotatable bonds is 3. The maximum absolute atomic E-state index is 12.7. The minimum atomic E-state index is -0.142. The lowest BCUT2D eigenvalue weighted by atomic mass is 9.76. The van der Waals surface area contributed by atoms with Gasteiger partial charge in [0.2, 0.25) is 11.8 Å². The molecular weight excluding hydrogens is 314 g/mol. The first-order valence-electron chi connectivity index (χ1n) is 8.84. The Morgan fingerprint density at radius 1 is 0.840 bits per heavy atom. The number of ether oxygens (including phenoxy) is 1. The summed E-state index contributed by atoms with van der Waals surface area (Å²) in [6.45, 7) is 2.16. The highest BCUT2D eigenvalue weighted by Gasteiger charge is 2.49. The first-order valence-corrected chi connectivity index (χ1v) is 8.84. The molecule has 1 aliphatic heterocycles. The standard InChI is InChI=1S/C21H21NO3/c1-14-7-12-18-19(13-14)21(24)22(20(18)23)15-8-10-17(11-9-15)25-16-5-3-2-4-6-16/h2-6,8-11,14,18-19H,7,12-13H2,1H3. The molecule has 25 heavy (non-hydrogen) atoms. The van der Waals surface area contributed by atoms with Crippen molar-refractivity contribution < 1.29 is 14.3 Å². The number of hydrogen-bond acceptors (Lipinski definition) is 3. The molecule has 1 aliphatic carbocycles. The highest BCUT2D eigenvalue weighted by atomic mass is 16.5.